The van der Waals surface area contributed by atoms with E-state index in [-0.39, 0.29) is 5.56 Å². The van der Waals surface area contributed by atoms with Crippen LogP contribution in [0.5, 0.6) is 0 Å². The van der Waals surface area contributed by atoms with Crippen molar-refractivity contribution in [1.82, 2.24) is 19.7 Å². The molecule has 0 fully saturated rings. The van der Waals surface area contributed by atoms with E-state index in [0.717, 1.165) is 42.2 Å². The fraction of sp³-hybridized carbons (Fsp3) is 0.364. The van der Waals surface area contributed by atoms with Crippen LogP contribution in [0.15, 0.2) is 42.7 Å². The molecule has 0 saturated carbocycles. The van der Waals surface area contributed by atoms with E-state index in [1.165, 1.54) is 25.1 Å². The minimum absolute atomic E-state index is 0.256. The Bertz CT molecular complexity index is 932. The normalized spacial score (nSPS) is 10.9. The molecule has 3 aromatic rings. The van der Waals surface area contributed by atoms with Gasteiger partial charge in [0, 0.05) is 37.3 Å². The van der Waals surface area contributed by atoms with E-state index in [4.69, 9.17) is 0 Å². The standard InChI is InChI=1S/C22H26N4O2/c1-3-5-6-13-26-21(24-20(4-2)25-26)14-16-7-9-17(10-8-16)19-15-23-12-11-18(19)22(27)28/h7-12,15H,3-6,13-14H2,1-2H3,(H,27,28). The van der Waals surface area contributed by atoms with Gasteiger partial charge >= 0.3 is 5.97 Å². The molecule has 0 aliphatic heterocycles. The fourth-order valence-electron chi connectivity index (χ4n) is 3.19. The highest BCUT2D eigenvalue weighted by Gasteiger charge is 2.13. The number of carboxylic acids is 1. The molecule has 0 atom stereocenters. The van der Waals surface area contributed by atoms with Crippen LogP contribution in [0.1, 0.15) is 60.7 Å². The third kappa shape index (κ3) is 4.63. The number of benzene rings is 1. The van der Waals surface area contributed by atoms with Crippen LogP contribution in [0.4, 0.5) is 0 Å². The number of hydrogen-bond donors (Lipinski definition) is 1. The van der Waals surface area contributed by atoms with Gasteiger partial charge in [0.1, 0.15) is 5.82 Å². The van der Waals surface area contributed by atoms with Gasteiger partial charge in [-0.15, -0.1) is 0 Å². The molecule has 0 unspecified atom stereocenters. The van der Waals surface area contributed by atoms with Crippen molar-refractivity contribution in [3.05, 3.63) is 65.5 Å². The van der Waals surface area contributed by atoms with Gasteiger partial charge in [0.15, 0.2) is 5.82 Å². The van der Waals surface area contributed by atoms with Gasteiger partial charge in [0.25, 0.3) is 0 Å². The summed E-state index contributed by atoms with van der Waals surface area (Å²) in [6.07, 6.45) is 8.09. The Morgan fingerprint density at radius 3 is 2.57 bits per heavy atom. The van der Waals surface area contributed by atoms with Gasteiger partial charge in [-0.1, -0.05) is 51.0 Å². The average molecular weight is 378 g/mol. The molecular formula is C22H26N4O2. The summed E-state index contributed by atoms with van der Waals surface area (Å²) in [6.45, 7) is 5.16. The molecule has 0 radical (unpaired) electrons. The molecule has 6 heteroatoms. The SMILES string of the molecule is CCCCCn1nc(CC)nc1Cc1ccc(-c2cnccc2C(=O)O)cc1. The maximum Gasteiger partial charge on any atom is 0.336 e. The summed E-state index contributed by atoms with van der Waals surface area (Å²) in [5.41, 5.74) is 2.84. The summed E-state index contributed by atoms with van der Waals surface area (Å²) in [4.78, 5) is 20.2. The molecule has 0 amide bonds. The summed E-state index contributed by atoms with van der Waals surface area (Å²) in [5, 5.41) is 14.0. The number of aromatic carboxylic acids is 1. The molecule has 6 nitrogen and oxygen atoms in total. The summed E-state index contributed by atoms with van der Waals surface area (Å²) in [5.74, 6) is 0.909. The maximum absolute atomic E-state index is 11.4. The van der Waals surface area contributed by atoms with Crippen LogP contribution < -0.4 is 0 Å². The molecule has 0 aliphatic rings. The lowest BCUT2D eigenvalue weighted by atomic mass is 10.00. The molecule has 2 heterocycles. The van der Waals surface area contributed by atoms with E-state index in [9.17, 15) is 9.90 Å². The van der Waals surface area contributed by atoms with Crippen LogP contribution >= 0.6 is 0 Å². The highest BCUT2D eigenvalue weighted by molar-refractivity contribution is 5.95. The highest BCUT2D eigenvalue weighted by Crippen LogP contribution is 2.24. The summed E-state index contributed by atoms with van der Waals surface area (Å²) in [7, 11) is 0. The molecule has 2 aromatic heterocycles. The van der Waals surface area contributed by atoms with E-state index in [2.05, 4.69) is 28.9 Å². The van der Waals surface area contributed by atoms with Crippen molar-refractivity contribution in [2.24, 2.45) is 0 Å². The molecule has 0 spiro atoms. The lowest BCUT2D eigenvalue weighted by Gasteiger charge is -2.08. The van der Waals surface area contributed by atoms with Crippen molar-refractivity contribution in [2.75, 3.05) is 0 Å². The lowest BCUT2D eigenvalue weighted by Crippen LogP contribution is -2.07. The Morgan fingerprint density at radius 2 is 1.89 bits per heavy atom. The predicted octanol–water partition coefficient (Wildman–Crippen LogP) is 4.38. The third-order valence-electron chi connectivity index (χ3n) is 4.76. The monoisotopic (exact) mass is 378 g/mol. The quantitative estimate of drug-likeness (QED) is 0.559. The van der Waals surface area contributed by atoms with E-state index in [1.54, 1.807) is 6.20 Å². The zero-order valence-corrected chi connectivity index (χ0v) is 16.4. The zero-order chi connectivity index (χ0) is 19.9. The first-order valence-corrected chi connectivity index (χ1v) is 9.81. The lowest BCUT2D eigenvalue weighted by molar-refractivity contribution is 0.0697. The Hall–Kier alpha value is -3.02. The van der Waals surface area contributed by atoms with Crippen molar-refractivity contribution < 1.29 is 9.90 Å². The molecule has 146 valence electrons. The van der Waals surface area contributed by atoms with Gasteiger partial charge in [-0.05, 0) is 23.6 Å². The molecule has 0 saturated heterocycles. The molecule has 28 heavy (non-hydrogen) atoms. The van der Waals surface area contributed by atoms with E-state index in [1.807, 2.05) is 28.9 Å². The van der Waals surface area contributed by atoms with Gasteiger partial charge in [-0.2, -0.15) is 5.10 Å². The molecule has 1 aromatic carbocycles. The third-order valence-corrected chi connectivity index (χ3v) is 4.76. The van der Waals surface area contributed by atoms with Crippen LogP contribution in [-0.2, 0) is 19.4 Å². The van der Waals surface area contributed by atoms with E-state index < -0.39 is 5.97 Å². The van der Waals surface area contributed by atoms with Gasteiger partial charge in [-0.3, -0.25) is 4.98 Å². The van der Waals surface area contributed by atoms with Crippen LogP contribution in [-0.4, -0.2) is 30.8 Å². The first-order valence-electron chi connectivity index (χ1n) is 9.81. The summed E-state index contributed by atoms with van der Waals surface area (Å²) in [6, 6.07) is 9.44. The summed E-state index contributed by atoms with van der Waals surface area (Å²) >= 11 is 0. The number of aromatic nitrogens is 4. The number of carboxylic acid groups (broad SMARTS) is 1. The number of nitrogens with zero attached hydrogens (tertiary/aromatic N) is 4. The van der Waals surface area contributed by atoms with Crippen LogP contribution in [0.2, 0.25) is 0 Å². The molecule has 0 bridgehead atoms. The number of rotatable bonds is 9. The number of aryl methyl sites for hydroxylation is 2. The Morgan fingerprint density at radius 1 is 1.11 bits per heavy atom. The fourth-order valence-corrected chi connectivity index (χ4v) is 3.19. The van der Waals surface area contributed by atoms with Crippen LogP contribution in [0.3, 0.4) is 0 Å². The van der Waals surface area contributed by atoms with Gasteiger partial charge in [0.05, 0.1) is 5.56 Å². The van der Waals surface area contributed by atoms with Gasteiger partial charge in [0.2, 0.25) is 0 Å². The second-order valence-electron chi connectivity index (χ2n) is 6.83. The predicted molar refractivity (Wildman–Crippen MR) is 108 cm³/mol. The minimum atomic E-state index is -0.950. The average Bonchev–Trinajstić information content (AvgIpc) is 3.10. The first-order chi connectivity index (χ1) is 13.6. The Balaban J connectivity index is 1.80. The van der Waals surface area contributed by atoms with Gasteiger partial charge in [-0.25, -0.2) is 14.5 Å². The molecule has 3 rings (SSSR count). The van der Waals surface area contributed by atoms with E-state index >= 15 is 0 Å². The number of carbonyl (C=O) groups is 1. The van der Waals surface area contributed by atoms with Crippen LogP contribution in [0.25, 0.3) is 11.1 Å². The number of hydrogen-bond acceptors (Lipinski definition) is 4. The molecule has 0 aliphatic carbocycles. The Kier molecular flexibility index (Phi) is 6.53. The van der Waals surface area contributed by atoms with Crippen molar-refractivity contribution >= 4 is 5.97 Å². The van der Waals surface area contributed by atoms with Crippen LogP contribution in [0, 0.1) is 0 Å². The second-order valence-corrected chi connectivity index (χ2v) is 6.83. The van der Waals surface area contributed by atoms with Crippen molar-refractivity contribution in [3.63, 3.8) is 0 Å². The molecule has 1 N–H and O–H groups in total. The molecular weight excluding hydrogens is 352 g/mol. The second kappa shape index (κ2) is 9.26. The van der Waals surface area contributed by atoms with Crippen molar-refractivity contribution in [2.45, 2.75) is 52.5 Å². The smallest absolute Gasteiger partial charge is 0.336 e. The Labute approximate surface area is 165 Å². The number of pyridine rings is 1. The number of unbranched alkanes of at least 4 members (excludes halogenated alkanes) is 2. The van der Waals surface area contributed by atoms with E-state index in [0.29, 0.717) is 12.0 Å². The first kappa shape index (κ1) is 19.7. The van der Waals surface area contributed by atoms with Crippen molar-refractivity contribution in [3.8, 4) is 11.1 Å². The largest absolute Gasteiger partial charge is 0.478 e. The maximum atomic E-state index is 11.4. The topological polar surface area (TPSA) is 80.9 Å². The summed E-state index contributed by atoms with van der Waals surface area (Å²) < 4.78 is 2.03. The zero-order valence-electron chi connectivity index (χ0n) is 16.4. The van der Waals surface area contributed by atoms with Crippen molar-refractivity contribution in [1.29, 1.82) is 0 Å². The van der Waals surface area contributed by atoms with Gasteiger partial charge < -0.3 is 5.11 Å². The minimum Gasteiger partial charge on any atom is -0.478 e. The highest BCUT2D eigenvalue weighted by atomic mass is 16.4.